The van der Waals surface area contributed by atoms with Crippen LogP contribution in [0.15, 0.2) is 40.7 Å². The van der Waals surface area contributed by atoms with E-state index in [2.05, 4.69) is 15.6 Å². The molecule has 30 heavy (non-hydrogen) atoms. The quantitative estimate of drug-likeness (QED) is 0.696. The number of hydrogen-bond acceptors (Lipinski definition) is 7. The fourth-order valence-electron chi connectivity index (χ4n) is 3.85. The smallest absolute Gasteiger partial charge is 0.338 e. The number of hydrogen-bond donors (Lipinski definition) is 2. The van der Waals surface area contributed by atoms with Gasteiger partial charge in [0, 0.05) is 33.3 Å². The number of methoxy groups -OCH3 is 1. The van der Waals surface area contributed by atoms with Crippen molar-refractivity contribution in [2.24, 2.45) is 10.9 Å². The van der Waals surface area contributed by atoms with Crippen LogP contribution >= 0.6 is 22.9 Å². The molecule has 1 aromatic carbocycles. The van der Waals surface area contributed by atoms with Crippen molar-refractivity contribution in [2.45, 2.75) is 25.8 Å². The molecular weight excluding hydrogens is 427 g/mol. The van der Waals surface area contributed by atoms with Crippen molar-refractivity contribution < 1.29 is 13.9 Å². The van der Waals surface area contributed by atoms with Gasteiger partial charge in [0.25, 0.3) is 0 Å². The van der Waals surface area contributed by atoms with Crippen LogP contribution in [-0.4, -0.2) is 37.0 Å². The summed E-state index contributed by atoms with van der Waals surface area (Å²) in [4.78, 5) is 23.2. The summed E-state index contributed by atoms with van der Waals surface area (Å²) in [5.41, 5.74) is 1.75. The van der Waals surface area contributed by atoms with E-state index in [9.17, 15) is 9.18 Å². The van der Waals surface area contributed by atoms with Crippen LogP contribution in [0.2, 0.25) is 5.02 Å². The first-order valence-corrected chi connectivity index (χ1v) is 10.9. The Labute approximate surface area is 183 Å². The number of aliphatic imine (C=N–C) groups is 1. The lowest BCUT2D eigenvalue weighted by molar-refractivity contribution is -0.136. The van der Waals surface area contributed by atoms with E-state index >= 15 is 0 Å². The Morgan fingerprint density at radius 3 is 2.73 bits per heavy atom. The lowest BCUT2D eigenvalue weighted by atomic mass is 9.86. The zero-order valence-electron chi connectivity index (χ0n) is 16.7. The highest BCUT2D eigenvalue weighted by Crippen LogP contribution is 2.39. The molecule has 0 radical (unpaired) electrons. The van der Waals surface area contributed by atoms with Crippen molar-refractivity contribution in [1.29, 1.82) is 0 Å². The third-order valence-corrected chi connectivity index (χ3v) is 6.56. The molecule has 0 aliphatic carbocycles. The third kappa shape index (κ3) is 4.12. The summed E-state index contributed by atoms with van der Waals surface area (Å²) in [6, 6.07) is 3.42. The summed E-state index contributed by atoms with van der Waals surface area (Å²) < 4.78 is 18.8. The molecule has 1 unspecified atom stereocenters. The predicted octanol–water partition coefficient (Wildman–Crippen LogP) is 3.76. The molecule has 0 saturated carbocycles. The lowest BCUT2D eigenvalue weighted by Crippen LogP contribution is -2.40. The number of nitrogens with zero attached hydrogens (tertiary/aromatic N) is 2. The fraction of sp³-hybridized carbons (Fsp3) is 0.381. The number of benzene rings is 1. The number of carbonyl (C=O) groups excluding carboxylic acids is 1. The Bertz CT molecular complexity index is 1030. The van der Waals surface area contributed by atoms with Gasteiger partial charge in [-0.1, -0.05) is 17.7 Å². The van der Waals surface area contributed by atoms with Gasteiger partial charge in [-0.05, 0) is 45.0 Å². The van der Waals surface area contributed by atoms with Gasteiger partial charge in [0.05, 0.1) is 12.7 Å². The zero-order chi connectivity index (χ0) is 21.3. The zero-order valence-corrected chi connectivity index (χ0v) is 18.2. The van der Waals surface area contributed by atoms with Gasteiger partial charge in [0.15, 0.2) is 10.8 Å². The maximum Gasteiger partial charge on any atom is 0.338 e. The second-order valence-electron chi connectivity index (χ2n) is 7.29. The highest BCUT2D eigenvalue weighted by atomic mass is 35.5. The molecule has 1 aromatic heterocycles. The van der Waals surface area contributed by atoms with Crippen molar-refractivity contribution in [3.8, 4) is 0 Å². The van der Waals surface area contributed by atoms with Crippen LogP contribution < -0.4 is 10.6 Å². The molecule has 1 atom stereocenters. The van der Waals surface area contributed by atoms with Crippen LogP contribution in [-0.2, 0) is 9.53 Å². The number of aryl methyl sites for hydroxylation is 1. The Morgan fingerprint density at radius 1 is 1.33 bits per heavy atom. The SMILES string of the molecule is COC(=O)C1=C(C2CCNCC2)NC(c2ncc(C)s2)=NC1c1ccc(F)cc1Cl. The Morgan fingerprint density at radius 2 is 2.10 bits per heavy atom. The molecule has 1 fully saturated rings. The van der Waals surface area contributed by atoms with E-state index < -0.39 is 17.8 Å². The summed E-state index contributed by atoms with van der Waals surface area (Å²) in [6.07, 6.45) is 3.53. The first-order chi connectivity index (χ1) is 14.5. The fourth-order valence-corrected chi connectivity index (χ4v) is 4.84. The molecule has 9 heteroatoms. The van der Waals surface area contributed by atoms with Gasteiger partial charge in [-0.3, -0.25) is 4.99 Å². The van der Waals surface area contributed by atoms with E-state index in [4.69, 9.17) is 21.3 Å². The monoisotopic (exact) mass is 448 g/mol. The van der Waals surface area contributed by atoms with E-state index in [1.54, 1.807) is 12.3 Å². The van der Waals surface area contributed by atoms with Gasteiger partial charge >= 0.3 is 5.97 Å². The van der Waals surface area contributed by atoms with Crippen LogP contribution in [0, 0.1) is 18.7 Å². The van der Waals surface area contributed by atoms with Crippen LogP contribution in [0.5, 0.6) is 0 Å². The van der Waals surface area contributed by atoms with Gasteiger partial charge in [-0.25, -0.2) is 14.2 Å². The minimum atomic E-state index is -0.712. The number of halogens is 2. The van der Waals surface area contributed by atoms with Crippen molar-refractivity contribution in [3.63, 3.8) is 0 Å². The first kappa shape index (κ1) is 21.0. The first-order valence-electron chi connectivity index (χ1n) is 9.73. The van der Waals surface area contributed by atoms with E-state index in [1.807, 2.05) is 6.92 Å². The van der Waals surface area contributed by atoms with Gasteiger partial charge in [-0.2, -0.15) is 0 Å². The predicted molar refractivity (Wildman–Crippen MR) is 115 cm³/mol. The molecule has 0 bridgehead atoms. The van der Waals surface area contributed by atoms with Crippen LogP contribution in [0.25, 0.3) is 0 Å². The van der Waals surface area contributed by atoms with Crippen molar-refractivity contribution in [1.82, 2.24) is 15.6 Å². The average molecular weight is 449 g/mol. The third-order valence-electron chi connectivity index (χ3n) is 5.31. The number of amidine groups is 1. The molecule has 3 heterocycles. The molecule has 2 aliphatic rings. The van der Waals surface area contributed by atoms with E-state index in [1.165, 1.54) is 30.6 Å². The van der Waals surface area contributed by atoms with Gasteiger partial charge < -0.3 is 15.4 Å². The maximum absolute atomic E-state index is 13.7. The van der Waals surface area contributed by atoms with E-state index in [0.717, 1.165) is 41.5 Å². The molecular formula is C21H22ClFN4O2S. The molecule has 158 valence electrons. The number of aromatic nitrogens is 1. The Kier molecular flexibility index (Phi) is 6.17. The summed E-state index contributed by atoms with van der Waals surface area (Å²) >= 11 is 7.89. The lowest BCUT2D eigenvalue weighted by Gasteiger charge is -2.33. The van der Waals surface area contributed by atoms with Crippen LogP contribution in [0.4, 0.5) is 4.39 Å². The largest absolute Gasteiger partial charge is 0.466 e. The summed E-state index contributed by atoms with van der Waals surface area (Å²) in [7, 11) is 1.35. The molecule has 6 nitrogen and oxygen atoms in total. The number of esters is 1. The topological polar surface area (TPSA) is 75.6 Å². The minimum Gasteiger partial charge on any atom is -0.466 e. The van der Waals surface area contributed by atoms with Gasteiger partial charge in [0.2, 0.25) is 0 Å². The summed E-state index contributed by atoms with van der Waals surface area (Å²) in [5.74, 6) is -0.201. The normalized spacial score (nSPS) is 20.0. The van der Waals surface area contributed by atoms with Gasteiger partial charge in [-0.15, -0.1) is 11.3 Å². The highest BCUT2D eigenvalue weighted by Gasteiger charge is 2.36. The van der Waals surface area contributed by atoms with Crippen LogP contribution in [0.1, 0.15) is 34.3 Å². The van der Waals surface area contributed by atoms with Gasteiger partial charge in [0.1, 0.15) is 11.9 Å². The molecule has 2 aliphatic heterocycles. The molecule has 2 aromatic rings. The Hall–Kier alpha value is -2.29. The summed E-state index contributed by atoms with van der Waals surface area (Å²) in [5, 5.41) is 7.67. The second kappa shape index (κ2) is 8.83. The number of rotatable bonds is 4. The van der Waals surface area contributed by atoms with E-state index in [0.29, 0.717) is 17.0 Å². The number of ether oxygens (including phenoxy) is 1. The minimum absolute atomic E-state index is 0.133. The number of nitrogens with one attached hydrogen (secondary N) is 2. The second-order valence-corrected chi connectivity index (χ2v) is 8.93. The van der Waals surface area contributed by atoms with Crippen molar-refractivity contribution in [3.05, 3.63) is 62.0 Å². The van der Waals surface area contributed by atoms with Crippen molar-refractivity contribution in [2.75, 3.05) is 20.2 Å². The number of allylic oxidation sites excluding steroid dienone is 1. The molecule has 0 amide bonds. The molecule has 4 rings (SSSR count). The van der Waals surface area contributed by atoms with Crippen LogP contribution in [0.3, 0.4) is 0 Å². The number of thiazole rings is 1. The average Bonchev–Trinajstić information content (AvgIpc) is 3.19. The summed E-state index contributed by atoms with van der Waals surface area (Å²) in [6.45, 7) is 3.69. The van der Waals surface area contributed by atoms with E-state index in [-0.39, 0.29) is 10.9 Å². The molecule has 0 spiro atoms. The Balaban J connectivity index is 1.88. The van der Waals surface area contributed by atoms with Crippen molar-refractivity contribution >= 4 is 34.7 Å². The molecule has 1 saturated heterocycles. The number of carbonyl (C=O) groups is 1. The highest BCUT2D eigenvalue weighted by molar-refractivity contribution is 7.13. The standard InChI is InChI=1S/C21H22ClFN4O2S/c1-11-10-25-20(30-11)19-26-17(12-5-7-24-8-6-12)16(21(28)29-2)18(27-19)14-4-3-13(23)9-15(14)22/h3-4,9-10,12,18,24H,5-8H2,1-2H3,(H,26,27). The number of piperidine rings is 1. The maximum atomic E-state index is 13.7. The molecule has 2 N–H and O–H groups in total.